The minimum Gasteiger partial charge on any atom is -0.346 e. The third-order valence-electron chi connectivity index (χ3n) is 3.00. The highest BCUT2D eigenvalue weighted by atomic mass is 15.2. The molecule has 0 spiro atoms. The van der Waals surface area contributed by atoms with E-state index in [0.29, 0.717) is 12.4 Å². The molecule has 0 aliphatic carbocycles. The molecule has 0 fully saturated rings. The first kappa shape index (κ1) is 13.8. The maximum Gasteiger partial charge on any atom is 0.138 e. The predicted octanol–water partition coefficient (Wildman–Crippen LogP) is 2.51. The lowest BCUT2D eigenvalue weighted by Crippen LogP contribution is -2.20. The van der Waals surface area contributed by atoms with Crippen LogP contribution in [0.5, 0.6) is 0 Å². The Labute approximate surface area is 119 Å². The summed E-state index contributed by atoms with van der Waals surface area (Å²) in [6.45, 7) is 2.15. The van der Waals surface area contributed by atoms with Crippen molar-refractivity contribution in [3.63, 3.8) is 0 Å². The highest BCUT2D eigenvalue weighted by molar-refractivity contribution is 5.62. The zero-order valence-electron chi connectivity index (χ0n) is 11.9. The Morgan fingerprint density at radius 2 is 1.75 bits per heavy atom. The molecule has 0 amide bonds. The van der Waals surface area contributed by atoms with Crippen LogP contribution in [0.25, 0.3) is 0 Å². The maximum atomic E-state index is 8.78. The van der Waals surface area contributed by atoms with Gasteiger partial charge in [-0.25, -0.2) is 9.97 Å². The summed E-state index contributed by atoms with van der Waals surface area (Å²) in [4.78, 5) is 12.6. The first-order chi connectivity index (χ1) is 9.61. The number of para-hydroxylation sites is 1. The van der Waals surface area contributed by atoms with E-state index in [2.05, 4.69) is 16.0 Å². The number of nitrogens with zero attached hydrogens (tertiary/aromatic N) is 5. The van der Waals surface area contributed by atoms with Gasteiger partial charge in [0.05, 0.1) is 6.07 Å². The molecule has 0 unspecified atom stereocenters. The topological polar surface area (TPSA) is 56.1 Å². The van der Waals surface area contributed by atoms with E-state index in [1.165, 1.54) is 0 Å². The van der Waals surface area contributed by atoms with Crippen LogP contribution in [0.15, 0.2) is 36.4 Å². The van der Waals surface area contributed by atoms with Crippen LogP contribution in [0.4, 0.5) is 17.3 Å². The summed E-state index contributed by atoms with van der Waals surface area (Å²) in [6, 6.07) is 14.0. The van der Waals surface area contributed by atoms with Crippen molar-refractivity contribution in [1.29, 1.82) is 5.26 Å². The average molecular weight is 267 g/mol. The number of hydrogen-bond acceptors (Lipinski definition) is 5. The van der Waals surface area contributed by atoms with E-state index < -0.39 is 0 Å². The van der Waals surface area contributed by atoms with Crippen LogP contribution in [-0.4, -0.2) is 30.6 Å². The Kier molecular flexibility index (Phi) is 4.16. The largest absolute Gasteiger partial charge is 0.346 e. The minimum atomic E-state index is 0.297. The van der Waals surface area contributed by atoms with Gasteiger partial charge < -0.3 is 9.80 Å². The van der Waals surface area contributed by atoms with Crippen LogP contribution in [0, 0.1) is 18.3 Å². The molecule has 2 rings (SSSR count). The number of hydrogen-bond donors (Lipinski definition) is 0. The van der Waals surface area contributed by atoms with Crippen LogP contribution in [0.2, 0.25) is 0 Å². The van der Waals surface area contributed by atoms with E-state index in [0.717, 1.165) is 17.3 Å². The van der Waals surface area contributed by atoms with Crippen molar-refractivity contribution >= 4 is 17.3 Å². The van der Waals surface area contributed by atoms with Gasteiger partial charge in [-0.3, -0.25) is 0 Å². The summed E-state index contributed by atoms with van der Waals surface area (Å²) >= 11 is 0. The van der Waals surface area contributed by atoms with Crippen LogP contribution in [0.1, 0.15) is 5.82 Å². The van der Waals surface area contributed by atoms with Crippen LogP contribution in [0.3, 0.4) is 0 Å². The average Bonchev–Trinajstić information content (AvgIpc) is 2.47. The lowest BCUT2D eigenvalue weighted by Gasteiger charge is -2.21. The van der Waals surface area contributed by atoms with E-state index in [9.17, 15) is 0 Å². The van der Waals surface area contributed by atoms with Gasteiger partial charge >= 0.3 is 0 Å². The zero-order valence-corrected chi connectivity index (χ0v) is 11.9. The predicted molar refractivity (Wildman–Crippen MR) is 80.2 cm³/mol. The molecule has 0 aliphatic rings. The Hall–Kier alpha value is -2.61. The fourth-order valence-corrected chi connectivity index (χ4v) is 1.87. The van der Waals surface area contributed by atoms with Crippen LogP contribution >= 0.6 is 0 Å². The molecule has 102 valence electrons. The van der Waals surface area contributed by atoms with E-state index >= 15 is 0 Å². The Morgan fingerprint density at radius 1 is 1.10 bits per heavy atom. The summed E-state index contributed by atoms with van der Waals surface area (Å²) in [6.07, 6.45) is 0. The minimum absolute atomic E-state index is 0.297. The molecule has 5 nitrogen and oxygen atoms in total. The molecule has 1 aromatic carbocycles. The molecule has 0 saturated heterocycles. The van der Waals surface area contributed by atoms with Gasteiger partial charge in [-0.15, -0.1) is 0 Å². The van der Waals surface area contributed by atoms with Gasteiger partial charge in [0.1, 0.15) is 24.0 Å². The first-order valence-electron chi connectivity index (χ1n) is 6.34. The molecule has 2 aromatic rings. The van der Waals surface area contributed by atoms with Crippen molar-refractivity contribution in [3.8, 4) is 6.07 Å². The maximum absolute atomic E-state index is 8.78. The third kappa shape index (κ3) is 3.04. The fourth-order valence-electron chi connectivity index (χ4n) is 1.87. The Bertz CT molecular complexity index is 618. The third-order valence-corrected chi connectivity index (χ3v) is 3.00. The zero-order chi connectivity index (χ0) is 14.5. The molecule has 0 saturated carbocycles. The van der Waals surface area contributed by atoms with Crippen molar-refractivity contribution in [2.75, 3.05) is 30.4 Å². The van der Waals surface area contributed by atoms with Gasteiger partial charge in [-0.05, 0) is 19.1 Å². The number of rotatable bonds is 4. The summed E-state index contributed by atoms with van der Waals surface area (Å²) < 4.78 is 0. The van der Waals surface area contributed by atoms with E-state index in [1.807, 2.05) is 62.3 Å². The summed E-state index contributed by atoms with van der Waals surface area (Å²) in [5.74, 6) is 2.24. The van der Waals surface area contributed by atoms with Gasteiger partial charge in [-0.2, -0.15) is 5.26 Å². The highest BCUT2D eigenvalue weighted by Gasteiger charge is 2.10. The van der Waals surface area contributed by atoms with Gasteiger partial charge in [0.2, 0.25) is 0 Å². The number of nitriles is 1. The molecule has 1 heterocycles. The molecule has 0 aliphatic heterocycles. The fraction of sp³-hybridized carbons (Fsp3) is 0.267. The lowest BCUT2D eigenvalue weighted by atomic mass is 10.3. The highest BCUT2D eigenvalue weighted by Crippen LogP contribution is 2.24. The van der Waals surface area contributed by atoms with E-state index in [-0.39, 0.29) is 0 Å². The van der Waals surface area contributed by atoms with Crippen molar-refractivity contribution in [1.82, 2.24) is 9.97 Å². The van der Waals surface area contributed by atoms with Crippen LogP contribution in [-0.2, 0) is 0 Å². The Balaban J connectivity index is 2.35. The van der Waals surface area contributed by atoms with Crippen molar-refractivity contribution in [2.24, 2.45) is 0 Å². The monoisotopic (exact) mass is 267 g/mol. The molecule has 20 heavy (non-hydrogen) atoms. The second-order valence-corrected chi connectivity index (χ2v) is 4.54. The summed E-state index contributed by atoms with van der Waals surface area (Å²) in [5.41, 5.74) is 1.06. The number of anilines is 3. The summed E-state index contributed by atoms with van der Waals surface area (Å²) in [7, 11) is 3.81. The molecule has 0 N–H and O–H groups in total. The van der Waals surface area contributed by atoms with Crippen LogP contribution < -0.4 is 9.80 Å². The second kappa shape index (κ2) is 6.02. The first-order valence-corrected chi connectivity index (χ1v) is 6.34. The Morgan fingerprint density at radius 3 is 2.40 bits per heavy atom. The molecule has 0 atom stereocenters. The molecular weight excluding hydrogens is 250 g/mol. The van der Waals surface area contributed by atoms with Crippen molar-refractivity contribution in [2.45, 2.75) is 6.92 Å². The molecule has 5 heteroatoms. The normalized spacial score (nSPS) is 9.90. The van der Waals surface area contributed by atoms with Crippen molar-refractivity contribution < 1.29 is 0 Å². The van der Waals surface area contributed by atoms with E-state index in [1.54, 1.807) is 4.90 Å². The number of benzene rings is 1. The number of aromatic nitrogens is 2. The molecule has 0 radical (unpaired) electrons. The van der Waals surface area contributed by atoms with Crippen molar-refractivity contribution in [3.05, 3.63) is 42.2 Å². The lowest BCUT2D eigenvalue weighted by molar-refractivity contribution is 0.940. The van der Waals surface area contributed by atoms with E-state index in [4.69, 9.17) is 5.26 Å². The molecule has 1 aromatic heterocycles. The quantitative estimate of drug-likeness (QED) is 0.797. The standard InChI is InChI=1S/C15H17N5/c1-12-17-14(19(2)10-9-16)11-15(18-12)20(3)13-7-5-4-6-8-13/h4-8,11H,10H2,1-3H3. The van der Waals surface area contributed by atoms with Gasteiger partial charge in [0, 0.05) is 25.8 Å². The SMILES string of the molecule is Cc1nc(N(C)CC#N)cc(N(C)c2ccccc2)n1. The number of aryl methyl sites for hydroxylation is 1. The summed E-state index contributed by atoms with van der Waals surface area (Å²) in [5, 5.41) is 8.78. The smallest absolute Gasteiger partial charge is 0.138 e. The molecular formula is C15H17N5. The van der Waals surface area contributed by atoms with Gasteiger partial charge in [0.25, 0.3) is 0 Å². The van der Waals surface area contributed by atoms with Gasteiger partial charge in [-0.1, -0.05) is 18.2 Å². The second-order valence-electron chi connectivity index (χ2n) is 4.54. The van der Waals surface area contributed by atoms with Gasteiger partial charge in [0.15, 0.2) is 0 Å². The molecule has 0 bridgehead atoms.